The molecular formula is C4H9O4PZn2. The van der Waals surface area contributed by atoms with Crippen LogP contribution >= 0.6 is 7.82 Å². The zero-order valence-corrected chi connectivity index (χ0v) is 13.4. The van der Waals surface area contributed by atoms with E-state index in [1.165, 1.54) is 6.42 Å². The fourth-order valence-electron chi connectivity index (χ4n) is 0. The number of unbranched alkanes of at least 4 members (excludes halogenated alkanes) is 1. The van der Waals surface area contributed by atoms with Gasteiger partial charge in [0.1, 0.15) is 0 Å². The molecule has 0 spiro atoms. The van der Waals surface area contributed by atoms with Crippen molar-refractivity contribution in [3.63, 3.8) is 0 Å². The molecule has 0 rings (SSSR count). The van der Waals surface area contributed by atoms with Crippen molar-refractivity contribution in [2.75, 3.05) is 0 Å². The minimum Gasteiger partial charge on any atom is -0.822 e. The molecule has 0 bridgehead atoms. The molecule has 7 heteroatoms. The number of hydrogen-bond acceptors (Lipinski definition) is 4. The van der Waals surface area contributed by atoms with Crippen molar-refractivity contribution >= 4 is 7.82 Å². The van der Waals surface area contributed by atoms with E-state index in [2.05, 4.69) is 13.8 Å². The van der Waals surface area contributed by atoms with Gasteiger partial charge in [-0.15, -0.1) is 0 Å². The van der Waals surface area contributed by atoms with E-state index in [0.717, 1.165) is 6.42 Å². The van der Waals surface area contributed by atoms with Crippen LogP contribution in [-0.2, 0) is 43.5 Å². The SMILES string of the molecule is O=P([O-])([O-])[O-].[CH2-]CCC.[Zn+2].[Zn+2]. The van der Waals surface area contributed by atoms with E-state index in [-0.39, 0.29) is 39.0 Å². The van der Waals surface area contributed by atoms with Crippen LogP contribution in [0.4, 0.5) is 0 Å². The molecule has 4 nitrogen and oxygen atoms in total. The van der Waals surface area contributed by atoms with Gasteiger partial charge in [0, 0.05) is 0 Å². The van der Waals surface area contributed by atoms with E-state index >= 15 is 0 Å². The summed E-state index contributed by atoms with van der Waals surface area (Å²) in [5, 5.41) is 0. The first-order valence-corrected chi connectivity index (χ1v) is 3.90. The predicted molar refractivity (Wildman–Crippen MR) is 27.9 cm³/mol. The Morgan fingerprint density at radius 1 is 1.27 bits per heavy atom. The van der Waals surface area contributed by atoms with Crippen LogP contribution in [0.5, 0.6) is 0 Å². The van der Waals surface area contributed by atoms with Crippen molar-refractivity contribution in [2.45, 2.75) is 19.8 Å². The fraction of sp³-hybridized carbons (Fsp3) is 0.750. The predicted octanol–water partition coefficient (Wildman–Crippen LogP) is -1.21. The van der Waals surface area contributed by atoms with E-state index in [0.29, 0.717) is 0 Å². The van der Waals surface area contributed by atoms with Gasteiger partial charge in [-0.3, -0.25) is 0 Å². The topological polar surface area (TPSA) is 86.2 Å². The van der Waals surface area contributed by atoms with Crippen LogP contribution in [0.2, 0.25) is 0 Å². The molecule has 0 heterocycles. The van der Waals surface area contributed by atoms with Crippen LogP contribution in [-0.4, -0.2) is 0 Å². The van der Waals surface area contributed by atoms with Crippen LogP contribution in [0.15, 0.2) is 0 Å². The second-order valence-electron chi connectivity index (χ2n) is 1.30. The van der Waals surface area contributed by atoms with E-state index in [9.17, 15) is 0 Å². The van der Waals surface area contributed by atoms with E-state index in [1.807, 2.05) is 0 Å². The van der Waals surface area contributed by atoms with Gasteiger partial charge in [-0.2, -0.15) is 14.2 Å². The van der Waals surface area contributed by atoms with Crippen molar-refractivity contribution in [3.8, 4) is 0 Å². The van der Waals surface area contributed by atoms with Gasteiger partial charge < -0.3 is 26.2 Å². The average molecular weight is 283 g/mol. The molecule has 0 aliphatic carbocycles. The van der Waals surface area contributed by atoms with Crippen LogP contribution in [0.25, 0.3) is 0 Å². The third kappa shape index (κ3) is 179. The molecule has 0 saturated carbocycles. The molecule has 0 radical (unpaired) electrons. The number of rotatable bonds is 1. The maximum absolute atomic E-state index is 8.55. The van der Waals surface area contributed by atoms with Crippen LogP contribution in [0.1, 0.15) is 19.8 Å². The van der Waals surface area contributed by atoms with E-state index < -0.39 is 7.82 Å². The standard InChI is InChI=1S/C4H9.H3O4P.2Zn/c1-3-4-2;1-5(2,3)4;;/h1,3-4H2,2H3;(H3,1,2,3,4);;/q-1;;2*+2/p-3. The van der Waals surface area contributed by atoms with Gasteiger partial charge in [-0.05, 0) is 0 Å². The summed E-state index contributed by atoms with van der Waals surface area (Å²) < 4.78 is 8.55. The Labute approximate surface area is 92.5 Å². The second kappa shape index (κ2) is 13.9. The first-order chi connectivity index (χ1) is 3.91. The van der Waals surface area contributed by atoms with Crippen molar-refractivity contribution in [2.24, 2.45) is 0 Å². The van der Waals surface area contributed by atoms with Gasteiger partial charge in [-0.1, -0.05) is 13.3 Å². The largest absolute Gasteiger partial charge is 2.00 e. The maximum Gasteiger partial charge on any atom is 2.00 e. The Morgan fingerprint density at radius 2 is 1.36 bits per heavy atom. The van der Waals surface area contributed by atoms with Gasteiger partial charge in [0.2, 0.25) is 0 Å². The Bertz CT molecular complexity index is 83.8. The first kappa shape index (κ1) is 22.8. The summed E-state index contributed by atoms with van der Waals surface area (Å²) in [6.45, 7) is 5.72. The van der Waals surface area contributed by atoms with Gasteiger partial charge in [0.15, 0.2) is 0 Å². The molecule has 0 N–H and O–H groups in total. The molecule has 0 atom stereocenters. The molecule has 0 aromatic carbocycles. The van der Waals surface area contributed by atoms with Crippen LogP contribution in [0, 0.1) is 6.92 Å². The maximum atomic E-state index is 8.55. The smallest absolute Gasteiger partial charge is 0.822 e. The number of hydrogen-bond donors (Lipinski definition) is 0. The molecule has 0 aliphatic heterocycles. The summed E-state index contributed by atoms with van der Waals surface area (Å²) in [5.41, 5.74) is 0. The molecular weight excluding hydrogens is 274 g/mol. The first-order valence-electron chi connectivity index (χ1n) is 2.44. The summed E-state index contributed by atoms with van der Waals surface area (Å²) in [4.78, 5) is 25.6. The summed E-state index contributed by atoms with van der Waals surface area (Å²) in [6.07, 6.45) is 2.28. The minimum atomic E-state index is -5.39. The Kier molecular flexibility index (Phi) is 28.9. The molecule has 0 amide bonds. The molecule has 0 aliphatic rings. The third-order valence-electron chi connectivity index (χ3n) is 0.354. The molecule has 0 unspecified atom stereocenters. The zero-order chi connectivity index (χ0) is 7.91. The Balaban J connectivity index is -0.0000000383. The van der Waals surface area contributed by atoms with E-state index in [4.69, 9.17) is 19.2 Å². The molecule has 58 valence electrons. The quantitative estimate of drug-likeness (QED) is 0.343. The monoisotopic (exact) mass is 280 g/mol. The van der Waals surface area contributed by atoms with E-state index in [1.54, 1.807) is 0 Å². The third-order valence-corrected chi connectivity index (χ3v) is 0.354. The molecule has 11 heavy (non-hydrogen) atoms. The van der Waals surface area contributed by atoms with Crippen molar-refractivity contribution < 1.29 is 58.2 Å². The number of phosphoric acid groups is 1. The van der Waals surface area contributed by atoms with Crippen LogP contribution in [0.3, 0.4) is 0 Å². The Hall–Kier alpha value is 1.36. The average Bonchev–Trinajstić information content (AvgIpc) is 1.61. The van der Waals surface area contributed by atoms with Crippen molar-refractivity contribution in [3.05, 3.63) is 6.92 Å². The molecule has 0 saturated heterocycles. The van der Waals surface area contributed by atoms with Gasteiger partial charge in [0.25, 0.3) is 0 Å². The van der Waals surface area contributed by atoms with Crippen LogP contribution < -0.4 is 14.7 Å². The minimum absolute atomic E-state index is 0. The second-order valence-corrected chi connectivity index (χ2v) is 2.20. The normalized spacial score (nSPS) is 8.09. The molecule has 0 fully saturated rings. The summed E-state index contributed by atoms with van der Waals surface area (Å²) in [5.74, 6) is 0. The van der Waals surface area contributed by atoms with Gasteiger partial charge >= 0.3 is 39.0 Å². The van der Waals surface area contributed by atoms with Gasteiger partial charge in [0.05, 0.1) is 0 Å². The molecule has 0 aromatic heterocycles. The molecule has 0 aromatic rings. The summed E-state index contributed by atoms with van der Waals surface area (Å²) >= 11 is 0. The summed E-state index contributed by atoms with van der Waals surface area (Å²) in [6, 6.07) is 0. The van der Waals surface area contributed by atoms with Crippen molar-refractivity contribution in [1.82, 2.24) is 0 Å². The fourth-order valence-corrected chi connectivity index (χ4v) is 0. The summed E-state index contributed by atoms with van der Waals surface area (Å²) in [7, 11) is -5.39. The van der Waals surface area contributed by atoms with Crippen molar-refractivity contribution in [1.29, 1.82) is 0 Å². The Morgan fingerprint density at radius 3 is 1.36 bits per heavy atom. The van der Waals surface area contributed by atoms with Gasteiger partial charge in [-0.25, -0.2) is 0 Å². The zero-order valence-electron chi connectivity index (χ0n) is 6.62.